The molecule has 1 aliphatic heterocycles. The quantitative estimate of drug-likeness (QED) is 0.292. The molecule has 3 rings (SSSR count). The number of anilines is 2. The zero-order valence-corrected chi connectivity index (χ0v) is 15.9. The lowest BCUT2D eigenvalue weighted by atomic mass is 9.89. The maximum atomic E-state index is 11.4. The normalized spacial score (nSPS) is 14.5. The fourth-order valence-electron chi connectivity index (χ4n) is 3.25. The van der Waals surface area contributed by atoms with Crippen LogP contribution in [-0.2, 0) is 4.79 Å². The summed E-state index contributed by atoms with van der Waals surface area (Å²) in [5, 5.41) is 8.97. The van der Waals surface area contributed by atoms with Crippen molar-refractivity contribution in [2.24, 2.45) is 5.73 Å². The van der Waals surface area contributed by atoms with Crippen LogP contribution >= 0.6 is 0 Å². The Labute approximate surface area is 164 Å². The van der Waals surface area contributed by atoms with Gasteiger partial charge in [0.25, 0.3) is 0 Å². The number of nitrogens with one attached hydrogen (secondary N) is 4. The average molecular weight is 382 g/mol. The first kappa shape index (κ1) is 19.6. The van der Waals surface area contributed by atoms with Gasteiger partial charge in [-0.2, -0.15) is 5.53 Å². The Hall–Kier alpha value is -3.17. The lowest BCUT2D eigenvalue weighted by molar-refractivity contribution is -0.129. The van der Waals surface area contributed by atoms with Crippen LogP contribution in [0, 0.1) is 5.41 Å². The number of rotatable bonds is 6. The van der Waals surface area contributed by atoms with Gasteiger partial charge in [-0.25, -0.2) is 9.99 Å². The summed E-state index contributed by atoms with van der Waals surface area (Å²) >= 11 is 0. The topological polar surface area (TPSA) is 122 Å². The Morgan fingerprint density at radius 2 is 1.93 bits per heavy atom. The number of nitrogens with zero attached hydrogens (tertiary/aromatic N) is 3. The van der Waals surface area contributed by atoms with Crippen molar-refractivity contribution in [2.45, 2.75) is 25.7 Å². The number of hydrazine groups is 3. The van der Waals surface area contributed by atoms with Gasteiger partial charge in [-0.15, -0.1) is 5.53 Å². The molecular formula is C19H26N8O. The second kappa shape index (κ2) is 9.16. The highest BCUT2D eigenvalue weighted by Gasteiger charge is 2.21. The summed E-state index contributed by atoms with van der Waals surface area (Å²) in [6.07, 6.45) is 3.60. The van der Waals surface area contributed by atoms with E-state index in [9.17, 15) is 4.79 Å². The lowest BCUT2D eigenvalue weighted by Gasteiger charge is -2.31. The molecule has 1 saturated heterocycles. The van der Waals surface area contributed by atoms with Gasteiger partial charge in [0.2, 0.25) is 11.9 Å². The lowest BCUT2D eigenvalue weighted by Crippen LogP contribution is -2.55. The first-order valence-corrected chi connectivity index (χ1v) is 9.22. The molecule has 0 saturated carbocycles. The molecule has 1 aromatic carbocycles. The van der Waals surface area contributed by atoms with Crippen LogP contribution in [0.25, 0.3) is 0 Å². The van der Waals surface area contributed by atoms with E-state index < -0.39 is 0 Å². The van der Waals surface area contributed by atoms with Crippen LogP contribution < -0.4 is 27.2 Å². The summed E-state index contributed by atoms with van der Waals surface area (Å²) < 4.78 is 0. The van der Waals surface area contributed by atoms with Crippen LogP contribution in [0.5, 0.6) is 0 Å². The summed E-state index contributed by atoms with van der Waals surface area (Å²) in [5.74, 6) is 0.937. The third-order valence-corrected chi connectivity index (χ3v) is 4.82. The van der Waals surface area contributed by atoms with Gasteiger partial charge in [0, 0.05) is 26.2 Å². The second-order valence-electron chi connectivity index (χ2n) is 6.67. The summed E-state index contributed by atoms with van der Waals surface area (Å²) in [4.78, 5) is 17.5. The average Bonchev–Trinajstić information content (AvgIpc) is 2.72. The van der Waals surface area contributed by atoms with E-state index in [-0.39, 0.29) is 11.9 Å². The van der Waals surface area contributed by atoms with Crippen molar-refractivity contribution in [3.8, 4) is 0 Å². The SMILES string of the molecule is CC(=O)N1CCC(c2ccc(NNNN(C(=N)N)c3ccccn3)cc2)CC1. The van der Waals surface area contributed by atoms with Gasteiger partial charge in [-0.1, -0.05) is 18.2 Å². The minimum Gasteiger partial charge on any atom is -0.369 e. The van der Waals surface area contributed by atoms with E-state index in [1.807, 2.05) is 23.1 Å². The molecule has 1 aromatic heterocycles. The van der Waals surface area contributed by atoms with Crippen molar-refractivity contribution < 1.29 is 4.79 Å². The van der Waals surface area contributed by atoms with E-state index in [1.54, 1.807) is 25.3 Å². The maximum Gasteiger partial charge on any atom is 0.219 e. The number of amides is 1. The van der Waals surface area contributed by atoms with Crippen molar-refractivity contribution in [2.75, 3.05) is 23.5 Å². The largest absolute Gasteiger partial charge is 0.369 e. The third kappa shape index (κ3) is 4.96. The maximum absolute atomic E-state index is 11.4. The zero-order chi connectivity index (χ0) is 19.9. The van der Waals surface area contributed by atoms with Gasteiger partial charge in [-0.05, 0) is 48.6 Å². The minimum absolute atomic E-state index is 0.155. The highest BCUT2D eigenvalue weighted by Crippen LogP contribution is 2.28. The molecule has 2 aromatic rings. The van der Waals surface area contributed by atoms with Gasteiger partial charge in [-0.3, -0.25) is 10.2 Å². The van der Waals surface area contributed by atoms with Crippen molar-refractivity contribution in [1.29, 1.82) is 5.41 Å². The number of benzene rings is 1. The molecule has 1 amide bonds. The number of carbonyl (C=O) groups excluding carboxylic acids is 1. The summed E-state index contributed by atoms with van der Waals surface area (Å²) in [6.45, 7) is 3.27. The number of hydrogen-bond donors (Lipinski definition) is 5. The smallest absolute Gasteiger partial charge is 0.219 e. The standard InChI is InChI=1S/C19H26N8O/c1-14(28)26-12-9-16(10-13-26)15-5-7-17(8-6-15)23-24-25-27(19(20)21)18-4-2-3-11-22-18/h2-8,11,16,23-25H,9-10,12-13H2,1H3,(H3,20,21). The Balaban J connectivity index is 1.51. The number of likely N-dealkylation sites (tertiary alicyclic amines) is 1. The molecule has 9 heteroatoms. The number of aromatic nitrogens is 1. The molecule has 0 spiro atoms. The first-order valence-electron chi connectivity index (χ1n) is 9.22. The van der Waals surface area contributed by atoms with Crippen LogP contribution in [0.2, 0.25) is 0 Å². The molecule has 148 valence electrons. The molecule has 0 unspecified atom stereocenters. The second-order valence-corrected chi connectivity index (χ2v) is 6.67. The van der Waals surface area contributed by atoms with Gasteiger partial charge in [0.05, 0.1) is 5.69 Å². The molecule has 0 bridgehead atoms. The van der Waals surface area contributed by atoms with Gasteiger partial charge < -0.3 is 16.1 Å². The summed E-state index contributed by atoms with van der Waals surface area (Å²) in [6, 6.07) is 13.5. The molecule has 1 aliphatic rings. The van der Waals surface area contributed by atoms with Crippen molar-refractivity contribution >= 4 is 23.4 Å². The molecule has 28 heavy (non-hydrogen) atoms. The van der Waals surface area contributed by atoms with Crippen LogP contribution in [0.15, 0.2) is 48.7 Å². The molecule has 0 radical (unpaired) electrons. The molecule has 0 atom stereocenters. The number of carbonyl (C=O) groups is 1. The first-order chi connectivity index (χ1) is 13.5. The molecular weight excluding hydrogens is 356 g/mol. The van der Waals surface area contributed by atoms with Crippen LogP contribution in [0.4, 0.5) is 11.5 Å². The van der Waals surface area contributed by atoms with Gasteiger partial charge in [0.1, 0.15) is 0 Å². The number of piperidine rings is 1. The van der Waals surface area contributed by atoms with E-state index >= 15 is 0 Å². The van der Waals surface area contributed by atoms with E-state index in [0.717, 1.165) is 31.6 Å². The highest BCUT2D eigenvalue weighted by atomic mass is 16.2. The fourth-order valence-corrected chi connectivity index (χ4v) is 3.25. The molecule has 9 nitrogen and oxygen atoms in total. The van der Waals surface area contributed by atoms with Crippen LogP contribution in [-0.4, -0.2) is 34.8 Å². The molecule has 0 aliphatic carbocycles. The number of pyridine rings is 1. The number of hydrogen-bond acceptors (Lipinski definition) is 6. The Kier molecular flexibility index (Phi) is 6.41. The van der Waals surface area contributed by atoms with Gasteiger partial charge >= 0.3 is 0 Å². The van der Waals surface area contributed by atoms with E-state index in [4.69, 9.17) is 11.1 Å². The number of nitrogens with two attached hydrogens (primary N) is 1. The summed E-state index contributed by atoms with van der Waals surface area (Å²) in [7, 11) is 0. The highest BCUT2D eigenvalue weighted by molar-refractivity contribution is 5.90. The predicted molar refractivity (Wildman–Crippen MR) is 109 cm³/mol. The number of guanidine groups is 1. The molecule has 6 N–H and O–H groups in total. The predicted octanol–water partition coefficient (Wildman–Crippen LogP) is 1.54. The fraction of sp³-hybridized carbons (Fsp3) is 0.316. The van der Waals surface area contributed by atoms with Crippen molar-refractivity contribution in [3.05, 3.63) is 54.2 Å². The third-order valence-electron chi connectivity index (χ3n) is 4.82. The monoisotopic (exact) mass is 382 g/mol. The zero-order valence-electron chi connectivity index (χ0n) is 15.9. The summed E-state index contributed by atoms with van der Waals surface area (Å²) in [5.41, 5.74) is 16.4. The van der Waals surface area contributed by atoms with Crippen molar-refractivity contribution in [3.63, 3.8) is 0 Å². The van der Waals surface area contributed by atoms with Crippen molar-refractivity contribution in [1.82, 2.24) is 21.0 Å². The minimum atomic E-state index is -0.194. The molecule has 2 heterocycles. The Morgan fingerprint density at radius 3 is 2.50 bits per heavy atom. The van der Waals surface area contributed by atoms with E-state index in [1.165, 1.54) is 10.6 Å². The van der Waals surface area contributed by atoms with E-state index in [0.29, 0.717) is 11.7 Å². The van der Waals surface area contributed by atoms with Crippen LogP contribution in [0.3, 0.4) is 0 Å². The Bertz CT molecular complexity index is 787. The Morgan fingerprint density at radius 1 is 1.21 bits per heavy atom. The van der Waals surface area contributed by atoms with Crippen LogP contribution in [0.1, 0.15) is 31.2 Å². The van der Waals surface area contributed by atoms with E-state index in [2.05, 4.69) is 33.6 Å². The van der Waals surface area contributed by atoms with Gasteiger partial charge in [0.15, 0.2) is 5.82 Å². The molecule has 1 fully saturated rings.